The van der Waals surface area contributed by atoms with Gasteiger partial charge in [0.1, 0.15) is 0 Å². The standard InChI is InChI=1S/C18H18N2O3S/c21-18-8-7-17(19-20(18)16-9-10-24(22,23)12-16)15-6-5-13-3-1-2-4-14(13)11-15/h1-6,11,16H,7-10,12H2/t16-/m0/s1. The first-order valence-electron chi connectivity index (χ1n) is 8.11. The van der Waals surface area contributed by atoms with Gasteiger partial charge in [0.2, 0.25) is 5.91 Å². The van der Waals surface area contributed by atoms with Crippen LogP contribution < -0.4 is 0 Å². The lowest BCUT2D eigenvalue weighted by atomic mass is 10.00. The van der Waals surface area contributed by atoms with Crippen molar-refractivity contribution < 1.29 is 13.2 Å². The summed E-state index contributed by atoms with van der Waals surface area (Å²) in [5.41, 5.74) is 1.84. The van der Waals surface area contributed by atoms with Gasteiger partial charge in [-0.2, -0.15) is 5.10 Å². The average molecular weight is 342 g/mol. The van der Waals surface area contributed by atoms with E-state index in [0.717, 1.165) is 22.0 Å². The molecule has 0 saturated carbocycles. The molecule has 5 nitrogen and oxygen atoms in total. The van der Waals surface area contributed by atoms with Crippen molar-refractivity contribution in [2.75, 3.05) is 11.5 Å². The Labute approximate surface area is 140 Å². The smallest absolute Gasteiger partial charge is 0.243 e. The minimum atomic E-state index is -3.04. The number of rotatable bonds is 2. The molecule has 24 heavy (non-hydrogen) atoms. The van der Waals surface area contributed by atoms with Crippen LogP contribution in [-0.2, 0) is 14.6 Å². The van der Waals surface area contributed by atoms with Crippen LogP contribution in [0.2, 0.25) is 0 Å². The number of hydrazone groups is 1. The Morgan fingerprint density at radius 1 is 1.04 bits per heavy atom. The van der Waals surface area contributed by atoms with Gasteiger partial charge in [0, 0.05) is 12.8 Å². The van der Waals surface area contributed by atoms with Crippen molar-refractivity contribution in [2.45, 2.75) is 25.3 Å². The molecule has 1 atom stereocenters. The van der Waals surface area contributed by atoms with Crippen molar-refractivity contribution in [3.05, 3.63) is 48.0 Å². The van der Waals surface area contributed by atoms with Crippen LogP contribution in [0.25, 0.3) is 10.8 Å². The number of benzene rings is 2. The number of sulfone groups is 1. The van der Waals surface area contributed by atoms with Crippen molar-refractivity contribution in [1.29, 1.82) is 0 Å². The molecule has 0 unspecified atom stereocenters. The maximum atomic E-state index is 12.2. The second-order valence-electron chi connectivity index (χ2n) is 6.40. The first-order valence-corrected chi connectivity index (χ1v) is 9.93. The van der Waals surface area contributed by atoms with Crippen LogP contribution in [0.15, 0.2) is 47.6 Å². The Morgan fingerprint density at radius 2 is 1.83 bits per heavy atom. The summed E-state index contributed by atoms with van der Waals surface area (Å²) in [6.45, 7) is 0. The predicted octanol–water partition coefficient (Wildman–Crippen LogP) is 2.35. The summed E-state index contributed by atoms with van der Waals surface area (Å²) >= 11 is 0. The number of hydrogen-bond acceptors (Lipinski definition) is 4. The predicted molar refractivity (Wildman–Crippen MR) is 93.6 cm³/mol. The topological polar surface area (TPSA) is 66.8 Å². The van der Waals surface area contributed by atoms with Gasteiger partial charge in [-0.15, -0.1) is 0 Å². The third-order valence-electron chi connectivity index (χ3n) is 4.70. The molecule has 0 bridgehead atoms. The van der Waals surface area contributed by atoms with Gasteiger partial charge >= 0.3 is 0 Å². The molecule has 2 aromatic carbocycles. The zero-order valence-electron chi connectivity index (χ0n) is 13.2. The number of fused-ring (bicyclic) bond motifs is 1. The molecule has 0 N–H and O–H groups in total. The van der Waals surface area contributed by atoms with Crippen molar-refractivity contribution in [3.8, 4) is 0 Å². The molecule has 124 valence electrons. The zero-order valence-corrected chi connectivity index (χ0v) is 14.0. The summed E-state index contributed by atoms with van der Waals surface area (Å²) in [5, 5.41) is 8.23. The number of carbonyl (C=O) groups is 1. The van der Waals surface area contributed by atoms with Crippen LogP contribution in [0.3, 0.4) is 0 Å². The van der Waals surface area contributed by atoms with Crippen LogP contribution in [0.1, 0.15) is 24.8 Å². The van der Waals surface area contributed by atoms with E-state index in [0.29, 0.717) is 19.3 Å². The van der Waals surface area contributed by atoms with Crippen LogP contribution in [0.5, 0.6) is 0 Å². The molecule has 2 heterocycles. The minimum Gasteiger partial charge on any atom is -0.273 e. The van der Waals surface area contributed by atoms with Crippen molar-refractivity contribution in [2.24, 2.45) is 5.10 Å². The van der Waals surface area contributed by atoms with Gasteiger partial charge in [0.05, 0.1) is 23.3 Å². The highest BCUT2D eigenvalue weighted by atomic mass is 32.2. The lowest BCUT2D eigenvalue weighted by Crippen LogP contribution is -2.40. The fraction of sp³-hybridized carbons (Fsp3) is 0.333. The first kappa shape index (κ1) is 15.3. The molecule has 2 aliphatic heterocycles. The Hall–Kier alpha value is -2.21. The summed E-state index contributed by atoms with van der Waals surface area (Å²) in [6, 6.07) is 13.9. The van der Waals surface area contributed by atoms with E-state index in [1.807, 2.05) is 24.3 Å². The Bertz CT molecular complexity index is 950. The van der Waals surface area contributed by atoms with E-state index in [2.05, 4.69) is 23.3 Å². The first-order chi connectivity index (χ1) is 11.5. The molecule has 1 fully saturated rings. The molecule has 1 amide bonds. The molecule has 6 heteroatoms. The number of amides is 1. The van der Waals surface area contributed by atoms with E-state index in [1.165, 1.54) is 5.01 Å². The summed E-state index contributed by atoms with van der Waals surface area (Å²) in [5.74, 6) is 0.0804. The molecule has 4 rings (SSSR count). The fourth-order valence-corrected chi connectivity index (χ4v) is 5.09. The molecule has 2 aliphatic rings. The van der Waals surface area contributed by atoms with Gasteiger partial charge < -0.3 is 0 Å². The monoisotopic (exact) mass is 342 g/mol. The quantitative estimate of drug-likeness (QED) is 0.841. The highest BCUT2D eigenvalue weighted by molar-refractivity contribution is 7.91. The van der Waals surface area contributed by atoms with E-state index in [-0.39, 0.29) is 23.5 Å². The van der Waals surface area contributed by atoms with E-state index in [1.54, 1.807) is 0 Å². The van der Waals surface area contributed by atoms with Gasteiger partial charge in [-0.25, -0.2) is 13.4 Å². The molecule has 0 aliphatic carbocycles. The van der Waals surface area contributed by atoms with E-state index in [4.69, 9.17) is 0 Å². The normalized spacial score (nSPS) is 23.5. The molecule has 2 aromatic rings. The summed E-state index contributed by atoms with van der Waals surface area (Å²) in [4.78, 5) is 12.2. The highest BCUT2D eigenvalue weighted by Crippen LogP contribution is 2.25. The Balaban J connectivity index is 1.68. The van der Waals surface area contributed by atoms with E-state index >= 15 is 0 Å². The van der Waals surface area contributed by atoms with Crippen LogP contribution >= 0.6 is 0 Å². The van der Waals surface area contributed by atoms with Gasteiger partial charge in [-0.05, 0) is 28.8 Å². The second kappa shape index (κ2) is 5.70. The van der Waals surface area contributed by atoms with Crippen LogP contribution in [0, 0.1) is 0 Å². The molecule has 1 saturated heterocycles. The largest absolute Gasteiger partial charge is 0.273 e. The van der Waals surface area contributed by atoms with Gasteiger partial charge in [-0.3, -0.25) is 4.79 Å². The van der Waals surface area contributed by atoms with Crippen molar-refractivity contribution >= 4 is 32.2 Å². The van der Waals surface area contributed by atoms with Gasteiger partial charge in [0.25, 0.3) is 0 Å². The van der Waals surface area contributed by atoms with Crippen LogP contribution in [0.4, 0.5) is 0 Å². The number of nitrogens with zero attached hydrogens (tertiary/aromatic N) is 2. The SMILES string of the molecule is O=C1CCC(c2ccc3ccccc3c2)=NN1[C@H]1CCS(=O)(=O)C1. The summed E-state index contributed by atoms with van der Waals surface area (Å²) < 4.78 is 23.4. The average Bonchev–Trinajstić information content (AvgIpc) is 2.94. The van der Waals surface area contributed by atoms with Gasteiger partial charge in [0.15, 0.2) is 9.84 Å². The number of carbonyl (C=O) groups excluding carboxylic acids is 1. The number of hydrogen-bond donors (Lipinski definition) is 0. The lowest BCUT2D eigenvalue weighted by Gasteiger charge is -2.28. The van der Waals surface area contributed by atoms with Gasteiger partial charge in [-0.1, -0.05) is 36.4 Å². The Morgan fingerprint density at radius 3 is 2.58 bits per heavy atom. The summed E-state index contributed by atoms with van der Waals surface area (Å²) in [7, 11) is -3.04. The van der Waals surface area contributed by atoms with E-state index in [9.17, 15) is 13.2 Å². The minimum absolute atomic E-state index is 0.0211. The van der Waals surface area contributed by atoms with Crippen molar-refractivity contribution in [1.82, 2.24) is 5.01 Å². The molecule has 0 radical (unpaired) electrons. The Kier molecular flexibility index (Phi) is 3.64. The summed E-state index contributed by atoms with van der Waals surface area (Å²) in [6.07, 6.45) is 1.44. The maximum absolute atomic E-state index is 12.2. The molecular weight excluding hydrogens is 324 g/mol. The highest BCUT2D eigenvalue weighted by Gasteiger charge is 2.36. The third-order valence-corrected chi connectivity index (χ3v) is 6.45. The zero-order chi connectivity index (χ0) is 16.7. The van der Waals surface area contributed by atoms with Crippen LogP contribution in [-0.4, -0.2) is 42.6 Å². The second-order valence-corrected chi connectivity index (χ2v) is 8.63. The third kappa shape index (κ3) is 2.82. The molecule has 0 spiro atoms. The van der Waals surface area contributed by atoms with Crippen molar-refractivity contribution in [3.63, 3.8) is 0 Å². The lowest BCUT2D eigenvalue weighted by molar-refractivity contribution is -0.133. The molecular formula is C18H18N2O3S. The van der Waals surface area contributed by atoms with E-state index < -0.39 is 9.84 Å². The maximum Gasteiger partial charge on any atom is 0.243 e. The fourth-order valence-electron chi connectivity index (χ4n) is 3.40. The molecule has 0 aromatic heterocycles.